The number of nitrogens with zero attached hydrogens (tertiary/aromatic N) is 2. The molecular weight excluding hydrogens is 206 g/mol. The van der Waals surface area contributed by atoms with Crippen LogP contribution in [0, 0.1) is 0 Å². The third kappa shape index (κ3) is 2.78. The minimum atomic E-state index is 0.604. The third-order valence-electron chi connectivity index (χ3n) is 2.55. The van der Waals surface area contributed by atoms with E-state index in [2.05, 4.69) is 27.3 Å². The minimum absolute atomic E-state index is 0.604. The fraction of sp³-hybridized carbons (Fsp3) is 0.545. The topological polar surface area (TPSA) is 28.2 Å². The number of aromatic nitrogens is 1. The van der Waals surface area contributed by atoms with Gasteiger partial charge in [0.2, 0.25) is 0 Å². The number of thioether (sulfide) groups is 1. The smallest absolute Gasteiger partial charge is 0.126 e. The van der Waals surface area contributed by atoms with Crippen molar-refractivity contribution in [3.05, 3.63) is 18.3 Å². The summed E-state index contributed by atoms with van der Waals surface area (Å²) in [7, 11) is 4.05. The average molecular weight is 223 g/mol. The van der Waals surface area contributed by atoms with E-state index >= 15 is 0 Å². The Bertz CT molecular complexity index is 304. The van der Waals surface area contributed by atoms with Crippen LogP contribution in [-0.2, 0) is 0 Å². The predicted molar refractivity (Wildman–Crippen MR) is 67.9 cm³/mol. The molecule has 1 saturated heterocycles. The van der Waals surface area contributed by atoms with Gasteiger partial charge in [0, 0.05) is 25.9 Å². The molecule has 2 rings (SSSR count). The molecule has 0 saturated carbocycles. The summed E-state index contributed by atoms with van der Waals surface area (Å²) in [5.74, 6) is 3.47. The van der Waals surface area contributed by atoms with Crippen LogP contribution >= 0.6 is 11.8 Å². The second-order valence-corrected chi connectivity index (χ2v) is 5.15. The van der Waals surface area contributed by atoms with Gasteiger partial charge in [0.15, 0.2) is 0 Å². The maximum absolute atomic E-state index is 4.40. The van der Waals surface area contributed by atoms with E-state index in [-0.39, 0.29) is 0 Å². The number of nitrogens with one attached hydrogen (secondary N) is 1. The molecule has 82 valence electrons. The van der Waals surface area contributed by atoms with Gasteiger partial charge in [-0.05, 0) is 24.3 Å². The van der Waals surface area contributed by atoms with Crippen molar-refractivity contribution in [1.29, 1.82) is 0 Å². The molecule has 0 aromatic carbocycles. The molecule has 1 aromatic heterocycles. The van der Waals surface area contributed by atoms with Crippen molar-refractivity contribution in [2.45, 2.75) is 12.5 Å². The Morgan fingerprint density at radius 2 is 2.33 bits per heavy atom. The first-order chi connectivity index (χ1) is 7.25. The van der Waals surface area contributed by atoms with Gasteiger partial charge in [0.25, 0.3) is 0 Å². The van der Waals surface area contributed by atoms with Gasteiger partial charge < -0.3 is 10.2 Å². The molecule has 0 bridgehead atoms. The third-order valence-corrected chi connectivity index (χ3v) is 3.71. The summed E-state index contributed by atoms with van der Waals surface area (Å²) in [5.41, 5.74) is 1.14. The number of hydrogen-bond donors (Lipinski definition) is 1. The molecule has 1 aromatic rings. The van der Waals surface area contributed by atoms with Gasteiger partial charge in [-0.1, -0.05) is 0 Å². The lowest BCUT2D eigenvalue weighted by atomic mass is 10.2. The SMILES string of the molecule is CN(C)c1ccc(NC2CCSC2)nc1. The summed E-state index contributed by atoms with van der Waals surface area (Å²) in [6.07, 6.45) is 3.16. The second kappa shape index (κ2) is 4.75. The van der Waals surface area contributed by atoms with Crippen LogP contribution in [0.3, 0.4) is 0 Å². The van der Waals surface area contributed by atoms with Gasteiger partial charge in [0.05, 0.1) is 11.9 Å². The molecular formula is C11H17N3S. The fourth-order valence-electron chi connectivity index (χ4n) is 1.59. The van der Waals surface area contributed by atoms with E-state index < -0.39 is 0 Å². The van der Waals surface area contributed by atoms with Crippen molar-refractivity contribution in [1.82, 2.24) is 4.98 Å². The lowest BCUT2D eigenvalue weighted by molar-refractivity contribution is 0.807. The van der Waals surface area contributed by atoms with Crippen molar-refractivity contribution in [2.24, 2.45) is 0 Å². The van der Waals surface area contributed by atoms with Crippen molar-refractivity contribution in [2.75, 3.05) is 35.8 Å². The largest absolute Gasteiger partial charge is 0.376 e. The molecule has 1 atom stereocenters. The second-order valence-electron chi connectivity index (χ2n) is 4.00. The van der Waals surface area contributed by atoms with E-state index in [4.69, 9.17) is 0 Å². The maximum atomic E-state index is 4.40. The monoisotopic (exact) mass is 223 g/mol. The van der Waals surface area contributed by atoms with Crippen LogP contribution in [0.1, 0.15) is 6.42 Å². The summed E-state index contributed by atoms with van der Waals surface area (Å²) in [4.78, 5) is 6.46. The molecule has 3 nitrogen and oxygen atoms in total. The Morgan fingerprint density at radius 3 is 2.87 bits per heavy atom. The van der Waals surface area contributed by atoms with Crippen molar-refractivity contribution in [3.63, 3.8) is 0 Å². The number of hydrogen-bond acceptors (Lipinski definition) is 4. The van der Waals surface area contributed by atoms with Crippen LogP contribution in [0.4, 0.5) is 11.5 Å². The lowest BCUT2D eigenvalue weighted by Gasteiger charge is -2.14. The van der Waals surface area contributed by atoms with Gasteiger partial charge in [-0.25, -0.2) is 4.98 Å². The molecule has 1 unspecified atom stereocenters. The van der Waals surface area contributed by atoms with Gasteiger partial charge in [-0.15, -0.1) is 0 Å². The molecule has 4 heteroatoms. The summed E-state index contributed by atoms with van der Waals surface area (Å²) in [6.45, 7) is 0. The number of rotatable bonds is 3. The highest BCUT2D eigenvalue weighted by Crippen LogP contribution is 2.21. The zero-order valence-corrected chi connectivity index (χ0v) is 10.0. The van der Waals surface area contributed by atoms with Crippen LogP contribution in [0.25, 0.3) is 0 Å². The van der Waals surface area contributed by atoms with E-state index in [0.29, 0.717) is 6.04 Å². The van der Waals surface area contributed by atoms with Crippen molar-refractivity contribution in [3.8, 4) is 0 Å². The quantitative estimate of drug-likeness (QED) is 0.849. The lowest BCUT2D eigenvalue weighted by Crippen LogP contribution is -2.19. The van der Waals surface area contributed by atoms with E-state index in [1.165, 1.54) is 17.9 Å². The summed E-state index contributed by atoms with van der Waals surface area (Å²) < 4.78 is 0. The average Bonchev–Trinajstić information content (AvgIpc) is 2.71. The van der Waals surface area contributed by atoms with Crippen molar-refractivity contribution >= 4 is 23.3 Å². The zero-order chi connectivity index (χ0) is 10.7. The molecule has 0 amide bonds. The van der Waals surface area contributed by atoms with Crippen LogP contribution < -0.4 is 10.2 Å². The Kier molecular flexibility index (Phi) is 3.36. The van der Waals surface area contributed by atoms with Gasteiger partial charge in [-0.3, -0.25) is 0 Å². The van der Waals surface area contributed by atoms with E-state index in [1.54, 1.807) is 0 Å². The molecule has 15 heavy (non-hydrogen) atoms. The molecule has 0 spiro atoms. The fourth-order valence-corrected chi connectivity index (χ4v) is 2.75. The first-order valence-electron chi connectivity index (χ1n) is 5.23. The van der Waals surface area contributed by atoms with E-state index in [0.717, 1.165) is 11.5 Å². The summed E-state index contributed by atoms with van der Waals surface area (Å²) in [6, 6.07) is 4.75. The first kappa shape index (κ1) is 10.6. The number of pyridine rings is 1. The van der Waals surface area contributed by atoms with E-state index in [9.17, 15) is 0 Å². The standard InChI is InChI=1S/C11H17N3S/c1-14(2)10-3-4-11(12-7-10)13-9-5-6-15-8-9/h3-4,7,9H,5-6,8H2,1-2H3,(H,12,13). The van der Waals surface area contributed by atoms with Crippen molar-refractivity contribution < 1.29 is 0 Å². The van der Waals surface area contributed by atoms with E-state index in [1.807, 2.05) is 32.1 Å². The highest BCUT2D eigenvalue weighted by Gasteiger charge is 2.15. The summed E-state index contributed by atoms with van der Waals surface area (Å²) >= 11 is 2.01. The molecule has 0 aliphatic carbocycles. The highest BCUT2D eigenvalue weighted by atomic mass is 32.2. The Morgan fingerprint density at radius 1 is 1.47 bits per heavy atom. The molecule has 1 aliphatic heterocycles. The van der Waals surface area contributed by atoms with Crippen LogP contribution in [0.5, 0.6) is 0 Å². The molecule has 1 fully saturated rings. The zero-order valence-electron chi connectivity index (χ0n) is 9.23. The van der Waals surface area contributed by atoms with Gasteiger partial charge >= 0.3 is 0 Å². The van der Waals surface area contributed by atoms with Gasteiger partial charge in [-0.2, -0.15) is 11.8 Å². The first-order valence-corrected chi connectivity index (χ1v) is 6.39. The Balaban J connectivity index is 1.97. The van der Waals surface area contributed by atoms with Gasteiger partial charge in [0.1, 0.15) is 5.82 Å². The predicted octanol–water partition coefficient (Wildman–Crippen LogP) is 2.06. The molecule has 1 N–H and O–H groups in total. The maximum Gasteiger partial charge on any atom is 0.126 e. The minimum Gasteiger partial charge on any atom is -0.376 e. The number of anilines is 2. The Labute approximate surface area is 95.3 Å². The summed E-state index contributed by atoms with van der Waals surface area (Å²) in [5, 5.41) is 3.46. The van der Waals surface area contributed by atoms with Crippen LogP contribution in [-0.4, -0.2) is 36.6 Å². The Hall–Kier alpha value is -0.900. The van der Waals surface area contributed by atoms with Crippen LogP contribution in [0.15, 0.2) is 18.3 Å². The van der Waals surface area contributed by atoms with Crippen LogP contribution in [0.2, 0.25) is 0 Å². The molecule has 0 radical (unpaired) electrons. The molecule has 2 heterocycles. The normalized spacial score (nSPS) is 20.3. The molecule has 1 aliphatic rings. The highest BCUT2D eigenvalue weighted by molar-refractivity contribution is 7.99.